The van der Waals surface area contributed by atoms with Crippen molar-refractivity contribution >= 4 is 16.5 Å². The first kappa shape index (κ1) is 14.8. The van der Waals surface area contributed by atoms with Crippen LogP contribution >= 0.6 is 11.3 Å². The van der Waals surface area contributed by atoms with E-state index in [1.54, 1.807) is 0 Å². The highest BCUT2D eigenvalue weighted by molar-refractivity contribution is 7.15. The van der Waals surface area contributed by atoms with Crippen LogP contribution in [-0.2, 0) is 0 Å². The van der Waals surface area contributed by atoms with Crippen LogP contribution in [0.25, 0.3) is 0 Å². The Kier molecular flexibility index (Phi) is 5.22. The van der Waals surface area contributed by atoms with Crippen molar-refractivity contribution < 1.29 is 0 Å². The van der Waals surface area contributed by atoms with E-state index in [0.717, 1.165) is 6.54 Å². The van der Waals surface area contributed by atoms with Gasteiger partial charge in [0.15, 0.2) is 5.13 Å². The smallest absolute Gasteiger partial charge is 0.186 e. The van der Waals surface area contributed by atoms with Gasteiger partial charge in [0.05, 0.1) is 5.69 Å². The third-order valence-corrected chi connectivity index (χ3v) is 5.34. The van der Waals surface area contributed by atoms with E-state index >= 15 is 0 Å². The Morgan fingerprint density at radius 3 is 2.95 bits per heavy atom. The average Bonchev–Trinajstić information content (AvgIpc) is 2.78. The molecule has 0 aliphatic carbocycles. The number of rotatable bonds is 5. The second kappa shape index (κ2) is 6.71. The van der Waals surface area contributed by atoms with Gasteiger partial charge in [0.1, 0.15) is 0 Å². The molecule has 1 N–H and O–H groups in total. The van der Waals surface area contributed by atoms with Gasteiger partial charge in [-0.3, -0.25) is 0 Å². The highest BCUT2D eigenvalue weighted by Crippen LogP contribution is 2.33. The standard InChI is InChI=1S/C15H27N3S/c1-5-9-16-12(3)14-13(4)17-15(19-14)18-10-7-6-8-11(18)2/h11-12,16H,5-10H2,1-4H3. The minimum Gasteiger partial charge on any atom is -0.345 e. The van der Waals surface area contributed by atoms with Crippen molar-refractivity contribution in [2.24, 2.45) is 0 Å². The van der Waals surface area contributed by atoms with Crippen LogP contribution in [0.3, 0.4) is 0 Å². The summed E-state index contributed by atoms with van der Waals surface area (Å²) in [7, 11) is 0. The number of nitrogens with one attached hydrogen (secondary N) is 1. The van der Waals surface area contributed by atoms with Gasteiger partial charge in [-0.15, -0.1) is 11.3 Å². The molecule has 2 rings (SSSR count). The fourth-order valence-electron chi connectivity index (χ4n) is 2.75. The molecular formula is C15H27N3S. The molecule has 0 bridgehead atoms. The Bertz CT molecular complexity index is 402. The molecule has 1 fully saturated rings. The summed E-state index contributed by atoms with van der Waals surface area (Å²) in [6.07, 6.45) is 5.15. The third-order valence-electron chi connectivity index (χ3n) is 3.96. The molecule has 0 saturated carbocycles. The molecule has 3 nitrogen and oxygen atoms in total. The van der Waals surface area contributed by atoms with Gasteiger partial charge in [0.2, 0.25) is 0 Å². The fraction of sp³-hybridized carbons (Fsp3) is 0.800. The van der Waals surface area contributed by atoms with Crippen molar-refractivity contribution in [2.45, 2.75) is 65.5 Å². The second-order valence-electron chi connectivity index (χ2n) is 5.66. The Hall–Kier alpha value is -0.610. The first-order chi connectivity index (χ1) is 9.13. The van der Waals surface area contributed by atoms with E-state index in [0.29, 0.717) is 12.1 Å². The largest absolute Gasteiger partial charge is 0.345 e. The summed E-state index contributed by atoms with van der Waals surface area (Å²) >= 11 is 1.88. The Labute approximate surface area is 121 Å². The van der Waals surface area contributed by atoms with E-state index in [2.05, 4.69) is 37.9 Å². The van der Waals surface area contributed by atoms with Gasteiger partial charge in [-0.2, -0.15) is 0 Å². The number of aryl methyl sites for hydroxylation is 1. The molecule has 1 aromatic heterocycles. The zero-order valence-corrected chi connectivity index (χ0v) is 13.5. The Balaban J connectivity index is 2.11. The van der Waals surface area contributed by atoms with Gasteiger partial charge < -0.3 is 10.2 Å². The first-order valence-electron chi connectivity index (χ1n) is 7.60. The van der Waals surface area contributed by atoms with E-state index in [9.17, 15) is 0 Å². The van der Waals surface area contributed by atoms with Crippen LogP contribution < -0.4 is 10.2 Å². The molecule has 1 aliphatic rings. The summed E-state index contributed by atoms with van der Waals surface area (Å²) in [5.41, 5.74) is 1.20. The average molecular weight is 281 g/mol. The van der Waals surface area contributed by atoms with Gasteiger partial charge in [-0.25, -0.2) is 4.98 Å². The Morgan fingerprint density at radius 2 is 2.26 bits per heavy atom. The maximum atomic E-state index is 4.82. The quantitative estimate of drug-likeness (QED) is 0.887. The fourth-order valence-corrected chi connectivity index (χ4v) is 3.98. The lowest BCUT2D eigenvalue weighted by molar-refractivity contribution is 0.484. The second-order valence-corrected chi connectivity index (χ2v) is 6.67. The first-order valence-corrected chi connectivity index (χ1v) is 8.42. The Morgan fingerprint density at radius 1 is 1.47 bits per heavy atom. The van der Waals surface area contributed by atoms with E-state index in [1.165, 1.54) is 47.9 Å². The zero-order chi connectivity index (χ0) is 13.8. The summed E-state index contributed by atoms with van der Waals surface area (Å²) in [5.74, 6) is 0. The van der Waals surface area contributed by atoms with Gasteiger partial charge in [0, 0.05) is 23.5 Å². The molecule has 108 valence electrons. The van der Waals surface area contributed by atoms with Crippen LogP contribution in [0.4, 0.5) is 5.13 Å². The highest BCUT2D eigenvalue weighted by Gasteiger charge is 2.23. The molecule has 2 unspecified atom stereocenters. The van der Waals surface area contributed by atoms with Gasteiger partial charge in [-0.1, -0.05) is 6.92 Å². The van der Waals surface area contributed by atoms with Crippen molar-refractivity contribution in [2.75, 3.05) is 18.0 Å². The molecule has 2 heterocycles. The molecule has 0 spiro atoms. The van der Waals surface area contributed by atoms with Crippen molar-refractivity contribution in [3.8, 4) is 0 Å². The lowest BCUT2D eigenvalue weighted by Gasteiger charge is -2.33. The lowest BCUT2D eigenvalue weighted by Crippen LogP contribution is -2.37. The molecular weight excluding hydrogens is 254 g/mol. The molecule has 0 aromatic carbocycles. The van der Waals surface area contributed by atoms with Crippen LogP contribution in [-0.4, -0.2) is 24.1 Å². The molecule has 1 aliphatic heterocycles. The third kappa shape index (κ3) is 3.48. The number of hydrogen-bond acceptors (Lipinski definition) is 4. The summed E-state index contributed by atoms with van der Waals surface area (Å²) in [4.78, 5) is 8.72. The van der Waals surface area contributed by atoms with E-state index in [-0.39, 0.29) is 0 Å². The van der Waals surface area contributed by atoms with Gasteiger partial charge in [-0.05, 0) is 53.0 Å². The van der Waals surface area contributed by atoms with Crippen molar-refractivity contribution in [1.29, 1.82) is 0 Å². The topological polar surface area (TPSA) is 28.2 Å². The van der Waals surface area contributed by atoms with Crippen molar-refractivity contribution in [3.05, 3.63) is 10.6 Å². The normalized spacial score (nSPS) is 21.7. The molecule has 0 radical (unpaired) electrons. The summed E-state index contributed by atoms with van der Waals surface area (Å²) in [6, 6.07) is 1.07. The van der Waals surface area contributed by atoms with E-state index < -0.39 is 0 Å². The lowest BCUT2D eigenvalue weighted by atomic mass is 10.1. The molecule has 2 atom stereocenters. The monoisotopic (exact) mass is 281 g/mol. The molecule has 1 aromatic rings. The number of anilines is 1. The highest BCUT2D eigenvalue weighted by atomic mass is 32.1. The number of nitrogens with zero attached hydrogens (tertiary/aromatic N) is 2. The molecule has 1 saturated heterocycles. The van der Waals surface area contributed by atoms with Crippen molar-refractivity contribution in [1.82, 2.24) is 10.3 Å². The number of aromatic nitrogens is 1. The summed E-state index contributed by atoms with van der Waals surface area (Å²) < 4.78 is 0. The predicted octanol–water partition coefficient (Wildman–Crippen LogP) is 3.89. The van der Waals surface area contributed by atoms with Crippen LogP contribution in [0.15, 0.2) is 0 Å². The maximum absolute atomic E-state index is 4.82. The van der Waals surface area contributed by atoms with Crippen LogP contribution in [0, 0.1) is 6.92 Å². The van der Waals surface area contributed by atoms with Gasteiger partial charge >= 0.3 is 0 Å². The van der Waals surface area contributed by atoms with Crippen molar-refractivity contribution in [3.63, 3.8) is 0 Å². The number of piperidine rings is 1. The van der Waals surface area contributed by atoms with E-state index in [4.69, 9.17) is 4.98 Å². The van der Waals surface area contributed by atoms with Crippen LogP contribution in [0.5, 0.6) is 0 Å². The SMILES string of the molecule is CCCNC(C)c1sc(N2CCCCC2C)nc1C. The zero-order valence-electron chi connectivity index (χ0n) is 12.7. The molecule has 4 heteroatoms. The van der Waals surface area contributed by atoms with E-state index in [1.807, 2.05) is 11.3 Å². The summed E-state index contributed by atoms with van der Waals surface area (Å²) in [5, 5.41) is 4.80. The molecule has 19 heavy (non-hydrogen) atoms. The maximum Gasteiger partial charge on any atom is 0.186 e. The minimum absolute atomic E-state index is 0.422. The van der Waals surface area contributed by atoms with Crippen LogP contribution in [0.2, 0.25) is 0 Å². The number of hydrogen-bond donors (Lipinski definition) is 1. The summed E-state index contributed by atoms with van der Waals surface area (Å²) in [6.45, 7) is 11.2. The van der Waals surface area contributed by atoms with Crippen LogP contribution in [0.1, 0.15) is 63.1 Å². The molecule has 0 amide bonds. The number of thiazole rings is 1. The van der Waals surface area contributed by atoms with Gasteiger partial charge in [0.25, 0.3) is 0 Å². The minimum atomic E-state index is 0.422. The predicted molar refractivity (Wildman–Crippen MR) is 84.2 cm³/mol.